The number of nitrogens with zero attached hydrogens (tertiary/aromatic N) is 2. The van der Waals surface area contributed by atoms with E-state index in [1.165, 1.54) is 21.7 Å². The number of urea groups is 1. The highest BCUT2D eigenvalue weighted by molar-refractivity contribution is 7.99. The summed E-state index contributed by atoms with van der Waals surface area (Å²) in [5.41, 5.74) is 3.64. The molecule has 2 N–H and O–H groups in total. The fourth-order valence-corrected chi connectivity index (χ4v) is 4.83. The number of aryl methyl sites for hydroxylation is 1. The molecule has 1 aliphatic carbocycles. The van der Waals surface area contributed by atoms with E-state index in [2.05, 4.69) is 33.9 Å². The first-order valence-corrected chi connectivity index (χ1v) is 9.50. The first kappa shape index (κ1) is 15.6. The monoisotopic (exact) mass is 342 g/mol. The Kier molecular flexibility index (Phi) is 4.22. The molecule has 24 heavy (non-hydrogen) atoms. The lowest BCUT2D eigenvalue weighted by Crippen LogP contribution is -2.41. The van der Waals surface area contributed by atoms with Crippen LogP contribution in [-0.2, 0) is 13.5 Å². The molecule has 0 fully saturated rings. The number of benzene rings is 1. The third-order valence-electron chi connectivity index (χ3n) is 4.94. The Morgan fingerprint density at radius 1 is 1.21 bits per heavy atom. The SMILES string of the molecule is Cn1ncc2c1CCC[C@@H]2NC(=O)N[C@@H]1CCSc2ccccc21. The van der Waals surface area contributed by atoms with E-state index >= 15 is 0 Å². The van der Waals surface area contributed by atoms with Gasteiger partial charge in [-0.2, -0.15) is 5.10 Å². The zero-order chi connectivity index (χ0) is 16.5. The van der Waals surface area contributed by atoms with Crippen molar-refractivity contribution in [3.05, 3.63) is 47.3 Å². The van der Waals surface area contributed by atoms with Crippen LogP contribution in [-0.4, -0.2) is 21.6 Å². The molecule has 0 bridgehead atoms. The van der Waals surface area contributed by atoms with Crippen LogP contribution in [0.5, 0.6) is 0 Å². The number of hydrogen-bond donors (Lipinski definition) is 2. The van der Waals surface area contributed by atoms with Crippen LogP contribution >= 0.6 is 11.8 Å². The molecule has 2 aliphatic rings. The fraction of sp³-hybridized carbons (Fsp3) is 0.444. The van der Waals surface area contributed by atoms with Crippen molar-refractivity contribution in [1.82, 2.24) is 20.4 Å². The Bertz CT molecular complexity index is 757. The molecule has 5 nitrogen and oxygen atoms in total. The minimum atomic E-state index is -0.0802. The number of carbonyl (C=O) groups excluding carboxylic acids is 1. The molecule has 0 unspecified atom stereocenters. The van der Waals surface area contributed by atoms with Gasteiger partial charge in [0.1, 0.15) is 0 Å². The van der Waals surface area contributed by atoms with Crippen molar-refractivity contribution in [1.29, 1.82) is 0 Å². The quantitative estimate of drug-likeness (QED) is 0.880. The molecular formula is C18H22N4OS. The second-order valence-corrected chi connectivity index (χ2v) is 7.60. The summed E-state index contributed by atoms with van der Waals surface area (Å²) < 4.78 is 1.93. The molecule has 0 spiro atoms. The third kappa shape index (κ3) is 2.90. The van der Waals surface area contributed by atoms with Crippen molar-refractivity contribution in [2.75, 3.05) is 5.75 Å². The largest absolute Gasteiger partial charge is 0.331 e. The number of nitrogens with one attached hydrogen (secondary N) is 2. The molecule has 2 amide bonds. The van der Waals surface area contributed by atoms with Gasteiger partial charge < -0.3 is 10.6 Å². The lowest BCUT2D eigenvalue weighted by molar-refractivity contribution is 0.231. The molecule has 0 radical (unpaired) electrons. The molecule has 2 aromatic rings. The number of rotatable bonds is 2. The first-order chi connectivity index (χ1) is 11.7. The van der Waals surface area contributed by atoms with Gasteiger partial charge >= 0.3 is 6.03 Å². The van der Waals surface area contributed by atoms with Crippen LogP contribution in [0.2, 0.25) is 0 Å². The lowest BCUT2D eigenvalue weighted by atomic mass is 9.93. The molecule has 1 aromatic heterocycles. The molecule has 126 valence electrons. The van der Waals surface area contributed by atoms with E-state index in [9.17, 15) is 4.79 Å². The third-order valence-corrected chi connectivity index (χ3v) is 6.07. The van der Waals surface area contributed by atoms with E-state index in [1.54, 1.807) is 0 Å². The second kappa shape index (κ2) is 6.51. The highest BCUT2D eigenvalue weighted by atomic mass is 32.2. The molecule has 2 atom stereocenters. The minimum Gasteiger partial charge on any atom is -0.331 e. The van der Waals surface area contributed by atoms with E-state index in [1.807, 2.05) is 35.8 Å². The van der Waals surface area contributed by atoms with Crippen LogP contribution < -0.4 is 10.6 Å². The fourth-order valence-electron chi connectivity index (χ4n) is 3.71. The maximum Gasteiger partial charge on any atom is 0.315 e. The lowest BCUT2D eigenvalue weighted by Gasteiger charge is -2.28. The Labute approximate surface area is 146 Å². The van der Waals surface area contributed by atoms with E-state index in [4.69, 9.17) is 0 Å². The van der Waals surface area contributed by atoms with Gasteiger partial charge in [0.15, 0.2) is 0 Å². The highest BCUT2D eigenvalue weighted by Gasteiger charge is 2.27. The topological polar surface area (TPSA) is 59.0 Å². The van der Waals surface area contributed by atoms with Gasteiger partial charge in [0, 0.05) is 29.0 Å². The second-order valence-electron chi connectivity index (χ2n) is 6.46. The Morgan fingerprint density at radius 3 is 2.88 bits per heavy atom. The number of amides is 2. The van der Waals surface area contributed by atoms with E-state index in [0.717, 1.165) is 31.4 Å². The predicted octanol–water partition coefficient (Wildman–Crippen LogP) is 3.33. The molecule has 6 heteroatoms. The molecule has 0 saturated heterocycles. The zero-order valence-electron chi connectivity index (χ0n) is 13.8. The van der Waals surface area contributed by atoms with E-state index < -0.39 is 0 Å². The van der Waals surface area contributed by atoms with Crippen LogP contribution in [0, 0.1) is 0 Å². The average Bonchev–Trinajstić information content (AvgIpc) is 2.98. The van der Waals surface area contributed by atoms with Gasteiger partial charge in [-0.1, -0.05) is 18.2 Å². The Morgan fingerprint density at radius 2 is 2.00 bits per heavy atom. The van der Waals surface area contributed by atoms with Crippen LogP contribution in [0.15, 0.2) is 35.4 Å². The summed E-state index contributed by atoms with van der Waals surface area (Å²) in [7, 11) is 1.97. The smallest absolute Gasteiger partial charge is 0.315 e. The van der Waals surface area contributed by atoms with Crippen molar-refractivity contribution in [3.63, 3.8) is 0 Å². The van der Waals surface area contributed by atoms with Gasteiger partial charge in [-0.3, -0.25) is 4.68 Å². The summed E-state index contributed by atoms with van der Waals surface area (Å²) in [5, 5.41) is 10.7. The minimum absolute atomic E-state index is 0.0654. The molecule has 1 aromatic carbocycles. The molecule has 4 rings (SSSR count). The first-order valence-electron chi connectivity index (χ1n) is 8.52. The van der Waals surface area contributed by atoms with Gasteiger partial charge in [-0.05, 0) is 37.3 Å². The highest BCUT2D eigenvalue weighted by Crippen LogP contribution is 2.36. The molecule has 2 heterocycles. The normalized spacial score (nSPS) is 22.4. The maximum absolute atomic E-state index is 12.5. The number of thioether (sulfide) groups is 1. The van der Waals surface area contributed by atoms with Crippen molar-refractivity contribution < 1.29 is 4.79 Å². The van der Waals surface area contributed by atoms with Crippen LogP contribution in [0.1, 0.15) is 48.2 Å². The van der Waals surface area contributed by atoms with Crippen molar-refractivity contribution >= 4 is 17.8 Å². The predicted molar refractivity (Wildman–Crippen MR) is 95.1 cm³/mol. The number of hydrogen-bond acceptors (Lipinski definition) is 3. The Balaban J connectivity index is 1.45. The summed E-state index contributed by atoms with van der Waals surface area (Å²) in [6.45, 7) is 0. The Hall–Kier alpha value is -1.95. The summed E-state index contributed by atoms with van der Waals surface area (Å²) in [6.07, 6.45) is 5.96. The van der Waals surface area contributed by atoms with Crippen molar-refractivity contribution in [2.45, 2.75) is 42.7 Å². The van der Waals surface area contributed by atoms with Gasteiger partial charge in [0.05, 0.1) is 18.3 Å². The van der Waals surface area contributed by atoms with Crippen LogP contribution in [0.3, 0.4) is 0 Å². The molecule has 0 saturated carbocycles. The van der Waals surface area contributed by atoms with E-state index in [-0.39, 0.29) is 18.1 Å². The maximum atomic E-state index is 12.5. The summed E-state index contributed by atoms with van der Waals surface area (Å²) in [5.74, 6) is 1.04. The summed E-state index contributed by atoms with van der Waals surface area (Å²) >= 11 is 1.87. The van der Waals surface area contributed by atoms with Gasteiger partial charge in [0.25, 0.3) is 0 Å². The number of carbonyl (C=O) groups is 1. The van der Waals surface area contributed by atoms with Gasteiger partial charge in [0.2, 0.25) is 0 Å². The van der Waals surface area contributed by atoms with Crippen LogP contribution in [0.4, 0.5) is 4.79 Å². The summed E-state index contributed by atoms with van der Waals surface area (Å²) in [6, 6.07) is 8.43. The van der Waals surface area contributed by atoms with Crippen molar-refractivity contribution in [2.24, 2.45) is 7.05 Å². The molecular weight excluding hydrogens is 320 g/mol. The van der Waals surface area contributed by atoms with Gasteiger partial charge in [-0.25, -0.2) is 4.79 Å². The standard InChI is InChI=1S/C18H22N4OS/c1-22-16-7-4-6-14(13(16)11-19-22)20-18(23)21-15-9-10-24-17-8-3-2-5-12(15)17/h2-3,5,8,11,14-15H,4,6-7,9-10H2,1H3,(H2,20,21,23)/t14-,15+/m0/s1. The average molecular weight is 342 g/mol. The number of fused-ring (bicyclic) bond motifs is 2. The van der Waals surface area contributed by atoms with E-state index in [0.29, 0.717) is 0 Å². The number of aromatic nitrogens is 2. The summed E-state index contributed by atoms with van der Waals surface area (Å²) in [4.78, 5) is 13.8. The molecule has 1 aliphatic heterocycles. The zero-order valence-corrected chi connectivity index (χ0v) is 14.6. The van der Waals surface area contributed by atoms with Crippen LogP contribution in [0.25, 0.3) is 0 Å². The van der Waals surface area contributed by atoms with Gasteiger partial charge in [-0.15, -0.1) is 11.8 Å². The van der Waals surface area contributed by atoms with Crippen molar-refractivity contribution in [3.8, 4) is 0 Å².